The minimum Gasteiger partial charge on any atom is -0.497 e. The Morgan fingerprint density at radius 1 is 1.28 bits per heavy atom. The van der Waals surface area contributed by atoms with Crippen molar-refractivity contribution in [3.63, 3.8) is 0 Å². The largest absolute Gasteiger partial charge is 0.497 e. The van der Waals surface area contributed by atoms with Crippen LogP contribution in [0, 0.1) is 0 Å². The van der Waals surface area contributed by atoms with Gasteiger partial charge in [0.2, 0.25) is 5.95 Å². The second-order valence-corrected chi connectivity index (χ2v) is 4.99. The van der Waals surface area contributed by atoms with Crippen LogP contribution in [0.4, 0.5) is 5.95 Å². The van der Waals surface area contributed by atoms with Crippen molar-refractivity contribution in [1.82, 2.24) is 9.55 Å². The predicted molar refractivity (Wildman–Crippen MR) is 72.8 cm³/mol. The van der Waals surface area contributed by atoms with Gasteiger partial charge in [0.1, 0.15) is 5.75 Å². The molecule has 96 valence electrons. The van der Waals surface area contributed by atoms with Crippen LogP contribution >= 0.6 is 0 Å². The minimum absolute atomic E-state index is 0.511. The van der Waals surface area contributed by atoms with Crippen molar-refractivity contribution in [2.75, 3.05) is 12.8 Å². The summed E-state index contributed by atoms with van der Waals surface area (Å²) in [5.74, 6) is 1.46. The van der Waals surface area contributed by atoms with Gasteiger partial charge >= 0.3 is 0 Å². The number of imidazole rings is 1. The number of nitrogens with zero attached hydrogens (tertiary/aromatic N) is 2. The van der Waals surface area contributed by atoms with Gasteiger partial charge in [0.05, 0.1) is 18.1 Å². The lowest BCUT2D eigenvalue weighted by Crippen LogP contribution is -2.14. The highest BCUT2D eigenvalue weighted by molar-refractivity contribution is 5.80. The fourth-order valence-electron chi connectivity index (χ4n) is 2.95. The summed E-state index contributed by atoms with van der Waals surface area (Å²) in [4.78, 5) is 4.46. The number of hydrogen-bond donors (Lipinski definition) is 1. The van der Waals surface area contributed by atoms with Gasteiger partial charge in [-0.05, 0) is 25.0 Å². The molecule has 1 heterocycles. The van der Waals surface area contributed by atoms with Crippen LogP contribution < -0.4 is 10.5 Å². The minimum atomic E-state index is 0.511. The first-order valence-electron chi connectivity index (χ1n) is 6.61. The summed E-state index contributed by atoms with van der Waals surface area (Å²) in [6.07, 6.45) is 6.35. The molecule has 0 amide bonds. The van der Waals surface area contributed by atoms with E-state index < -0.39 is 0 Å². The van der Waals surface area contributed by atoms with Crippen molar-refractivity contribution < 1.29 is 4.74 Å². The van der Waals surface area contributed by atoms with Crippen LogP contribution in [0.25, 0.3) is 11.0 Å². The normalized spacial score (nSPS) is 17.2. The summed E-state index contributed by atoms with van der Waals surface area (Å²) >= 11 is 0. The predicted octanol–water partition coefficient (Wildman–Crippen LogP) is 3.13. The van der Waals surface area contributed by atoms with Gasteiger partial charge in [0.15, 0.2) is 0 Å². The molecule has 4 heteroatoms. The van der Waals surface area contributed by atoms with E-state index in [4.69, 9.17) is 10.5 Å². The molecule has 4 nitrogen and oxygen atoms in total. The number of nitrogen functional groups attached to an aromatic ring is 1. The molecule has 2 N–H and O–H groups in total. The molecule has 1 fully saturated rings. The van der Waals surface area contributed by atoms with E-state index in [2.05, 4.69) is 15.6 Å². The molecule has 1 aliphatic carbocycles. The molecule has 3 rings (SSSR count). The summed E-state index contributed by atoms with van der Waals surface area (Å²) in [5, 5.41) is 0. The van der Waals surface area contributed by atoms with Gasteiger partial charge in [-0.15, -0.1) is 0 Å². The molecule has 0 atom stereocenters. The first kappa shape index (κ1) is 11.4. The molecular weight excluding hydrogens is 226 g/mol. The van der Waals surface area contributed by atoms with Gasteiger partial charge in [-0.25, -0.2) is 4.98 Å². The van der Waals surface area contributed by atoms with E-state index in [1.807, 2.05) is 12.1 Å². The first-order chi connectivity index (χ1) is 8.79. The average molecular weight is 245 g/mol. The molecular formula is C14H19N3O. The number of rotatable bonds is 2. The number of benzene rings is 1. The topological polar surface area (TPSA) is 53.1 Å². The molecule has 0 saturated heterocycles. The standard InChI is InChI=1S/C14H19N3O/c1-18-11-7-8-13-12(9-11)16-14(15)17(13)10-5-3-2-4-6-10/h7-10H,2-6H2,1H3,(H2,15,16). The Morgan fingerprint density at radius 3 is 2.78 bits per heavy atom. The average Bonchev–Trinajstić information content (AvgIpc) is 2.74. The van der Waals surface area contributed by atoms with Crippen molar-refractivity contribution in [2.24, 2.45) is 0 Å². The van der Waals surface area contributed by atoms with Crippen LogP contribution in [0.1, 0.15) is 38.1 Å². The number of fused-ring (bicyclic) bond motifs is 1. The van der Waals surface area contributed by atoms with Crippen LogP contribution in [0.2, 0.25) is 0 Å². The molecule has 1 aromatic heterocycles. The summed E-state index contributed by atoms with van der Waals surface area (Å²) < 4.78 is 7.43. The summed E-state index contributed by atoms with van der Waals surface area (Å²) in [6.45, 7) is 0. The zero-order valence-corrected chi connectivity index (χ0v) is 10.7. The molecule has 0 aliphatic heterocycles. The second kappa shape index (κ2) is 4.52. The van der Waals surface area contributed by atoms with Crippen LogP contribution in [0.5, 0.6) is 5.75 Å². The molecule has 1 saturated carbocycles. The van der Waals surface area contributed by atoms with E-state index in [1.54, 1.807) is 7.11 Å². The molecule has 0 radical (unpaired) electrons. The Hall–Kier alpha value is -1.71. The van der Waals surface area contributed by atoms with Crippen molar-refractivity contribution in [3.05, 3.63) is 18.2 Å². The maximum absolute atomic E-state index is 6.09. The Balaban J connectivity index is 2.07. The first-order valence-corrected chi connectivity index (χ1v) is 6.61. The molecule has 1 aliphatic rings. The molecule has 2 aromatic rings. The van der Waals surface area contributed by atoms with Crippen molar-refractivity contribution in [1.29, 1.82) is 0 Å². The Kier molecular flexibility index (Phi) is 2.86. The third-order valence-corrected chi connectivity index (χ3v) is 3.86. The van der Waals surface area contributed by atoms with E-state index in [-0.39, 0.29) is 0 Å². The van der Waals surface area contributed by atoms with Crippen LogP contribution in [-0.4, -0.2) is 16.7 Å². The lowest BCUT2D eigenvalue weighted by Gasteiger charge is -2.24. The highest BCUT2D eigenvalue weighted by atomic mass is 16.5. The van der Waals surface area contributed by atoms with E-state index in [0.29, 0.717) is 12.0 Å². The Labute approximate surface area is 107 Å². The lowest BCUT2D eigenvalue weighted by molar-refractivity contribution is 0.363. The second-order valence-electron chi connectivity index (χ2n) is 4.99. The third-order valence-electron chi connectivity index (χ3n) is 3.86. The number of ether oxygens (including phenoxy) is 1. The van der Waals surface area contributed by atoms with Crippen LogP contribution in [-0.2, 0) is 0 Å². The number of anilines is 1. The van der Waals surface area contributed by atoms with Gasteiger partial charge in [-0.1, -0.05) is 19.3 Å². The SMILES string of the molecule is COc1ccc2c(c1)nc(N)n2C1CCCCC1. The van der Waals surface area contributed by atoms with Gasteiger partial charge in [0, 0.05) is 12.1 Å². The third kappa shape index (κ3) is 1.82. The molecule has 0 unspecified atom stereocenters. The van der Waals surface area contributed by atoms with E-state index in [1.165, 1.54) is 32.1 Å². The number of nitrogens with two attached hydrogens (primary N) is 1. The highest BCUT2D eigenvalue weighted by Crippen LogP contribution is 2.34. The zero-order chi connectivity index (χ0) is 12.5. The number of methoxy groups -OCH3 is 1. The monoisotopic (exact) mass is 245 g/mol. The smallest absolute Gasteiger partial charge is 0.201 e. The molecule has 1 aromatic carbocycles. The van der Waals surface area contributed by atoms with Crippen molar-refractivity contribution in [2.45, 2.75) is 38.1 Å². The van der Waals surface area contributed by atoms with Crippen LogP contribution in [0.15, 0.2) is 18.2 Å². The maximum Gasteiger partial charge on any atom is 0.201 e. The van der Waals surface area contributed by atoms with E-state index in [0.717, 1.165) is 16.8 Å². The van der Waals surface area contributed by atoms with Gasteiger partial charge in [-0.3, -0.25) is 0 Å². The fraction of sp³-hybridized carbons (Fsp3) is 0.500. The maximum atomic E-state index is 6.09. The molecule has 18 heavy (non-hydrogen) atoms. The van der Waals surface area contributed by atoms with Gasteiger partial charge in [0.25, 0.3) is 0 Å². The van der Waals surface area contributed by atoms with Gasteiger partial charge < -0.3 is 15.0 Å². The number of aromatic nitrogens is 2. The number of hydrogen-bond acceptors (Lipinski definition) is 3. The summed E-state index contributed by atoms with van der Waals surface area (Å²) in [5.41, 5.74) is 8.14. The van der Waals surface area contributed by atoms with E-state index >= 15 is 0 Å². The van der Waals surface area contributed by atoms with Crippen molar-refractivity contribution >= 4 is 17.0 Å². The molecule has 0 spiro atoms. The summed E-state index contributed by atoms with van der Waals surface area (Å²) in [7, 11) is 1.67. The zero-order valence-electron chi connectivity index (χ0n) is 10.7. The van der Waals surface area contributed by atoms with Gasteiger partial charge in [-0.2, -0.15) is 0 Å². The molecule has 0 bridgehead atoms. The lowest BCUT2D eigenvalue weighted by atomic mass is 9.95. The van der Waals surface area contributed by atoms with E-state index in [9.17, 15) is 0 Å². The summed E-state index contributed by atoms with van der Waals surface area (Å²) in [6, 6.07) is 6.50. The quantitative estimate of drug-likeness (QED) is 0.884. The Bertz CT molecular complexity index is 555. The Morgan fingerprint density at radius 2 is 2.06 bits per heavy atom. The van der Waals surface area contributed by atoms with Crippen LogP contribution in [0.3, 0.4) is 0 Å². The van der Waals surface area contributed by atoms with Crippen molar-refractivity contribution in [3.8, 4) is 5.75 Å². The highest BCUT2D eigenvalue weighted by Gasteiger charge is 2.20. The fourth-order valence-corrected chi connectivity index (χ4v) is 2.95.